The Labute approximate surface area is 166 Å². The minimum Gasteiger partial charge on any atom is -0.465 e. The van der Waals surface area contributed by atoms with Crippen molar-refractivity contribution in [2.24, 2.45) is 0 Å². The lowest BCUT2D eigenvalue weighted by atomic mass is 10.2. The van der Waals surface area contributed by atoms with E-state index in [0.29, 0.717) is 16.3 Å². The summed E-state index contributed by atoms with van der Waals surface area (Å²) < 4.78 is 32.2. The molecule has 9 heteroatoms. The summed E-state index contributed by atoms with van der Waals surface area (Å²) in [4.78, 5) is 24.1. The van der Waals surface area contributed by atoms with Crippen molar-refractivity contribution in [2.75, 3.05) is 17.1 Å². The first-order valence-corrected chi connectivity index (χ1v) is 10.4. The first-order valence-electron chi connectivity index (χ1n) is 8.05. The number of esters is 1. The third kappa shape index (κ3) is 4.56. The van der Waals surface area contributed by atoms with Gasteiger partial charge in [0.2, 0.25) is 0 Å². The third-order valence-corrected chi connectivity index (χ3v) is 5.97. The Balaban J connectivity index is 1.75. The van der Waals surface area contributed by atoms with Crippen LogP contribution < -0.4 is 10.0 Å². The van der Waals surface area contributed by atoms with Crippen molar-refractivity contribution in [3.8, 4) is 0 Å². The van der Waals surface area contributed by atoms with Crippen LogP contribution in [0.3, 0.4) is 0 Å². The molecule has 0 saturated heterocycles. The van der Waals surface area contributed by atoms with E-state index < -0.39 is 16.0 Å². The minimum atomic E-state index is -3.86. The van der Waals surface area contributed by atoms with Crippen molar-refractivity contribution >= 4 is 44.6 Å². The zero-order valence-electron chi connectivity index (χ0n) is 14.7. The van der Waals surface area contributed by atoms with Gasteiger partial charge in [0.15, 0.2) is 0 Å². The van der Waals surface area contributed by atoms with Crippen LogP contribution in [0.4, 0.5) is 11.4 Å². The van der Waals surface area contributed by atoms with Gasteiger partial charge in [-0.05, 0) is 53.9 Å². The van der Waals surface area contributed by atoms with Gasteiger partial charge in [0, 0.05) is 5.69 Å². The van der Waals surface area contributed by atoms with Gasteiger partial charge in [-0.25, -0.2) is 13.2 Å². The smallest absolute Gasteiger partial charge is 0.337 e. The van der Waals surface area contributed by atoms with E-state index in [-0.39, 0.29) is 16.4 Å². The van der Waals surface area contributed by atoms with Crippen LogP contribution in [0.2, 0.25) is 0 Å². The largest absolute Gasteiger partial charge is 0.465 e. The van der Waals surface area contributed by atoms with Gasteiger partial charge in [-0.15, -0.1) is 11.3 Å². The maximum atomic E-state index is 12.6. The lowest BCUT2D eigenvalue weighted by Crippen LogP contribution is -2.14. The van der Waals surface area contributed by atoms with Gasteiger partial charge in [0.1, 0.15) is 0 Å². The maximum absolute atomic E-state index is 12.6. The van der Waals surface area contributed by atoms with Crippen LogP contribution in [0.5, 0.6) is 0 Å². The molecule has 0 aliphatic heterocycles. The second-order valence-corrected chi connectivity index (χ2v) is 8.26. The standard InChI is InChI=1S/C19H16N2O5S2/c1-26-19(23)13-7-9-16(10-8-13)28(24,25)21-15-5-2-4-14(12-15)20-18(22)17-6-3-11-27-17/h2-12,21H,1H3,(H,20,22). The number of methoxy groups -OCH3 is 1. The fraction of sp³-hybridized carbons (Fsp3) is 0.0526. The van der Waals surface area contributed by atoms with Gasteiger partial charge in [-0.1, -0.05) is 12.1 Å². The topological polar surface area (TPSA) is 102 Å². The van der Waals surface area contributed by atoms with Gasteiger partial charge >= 0.3 is 5.97 Å². The average molecular weight is 416 g/mol. The second kappa shape index (κ2) is 8.24. The fourth-order valence-corrected chi connectivity index (χ4v) is 4.03. The van der Waals surface area contributed by atoms with Gasteiger partial charge in [-0.3, -0.25) is 9.52 Å². The molecule has 28 heavy (non-hydrogen) atoms. The van der Waals surface area contributed by atoms with Crippen molar-refractivity contribution in [1.29, 1.82) is 0 Å². The molecule has 0 saturated carbocycles. The maximum Gasteiger partial charge on any atom is 0.337 e. The molecule has 1 aromatic heterocycles. The van der Waals surface area contributed by atoms with Crippen LogP contribution in [-0.2, 0) is 14.8 Å². The third-order valence-electron chi connectivity index (χ3n) is 3.70. The number of amides is 1. The molecule has 7 nitrogen and oxygen atoms in total. The highest BCUT2D eigenvalue weighted by atomic mass is 32.2. The van der Waals surface area contributed by atoms with Crippen LogP contribution in [0.1, 0.15) is 20.0 Å². The molecule has 0 radical (unpaired) electrons. The summed E-state index contributed by atoms with van der Waals surface area (Å²) in [6.45, 7) is 0. The van der Waals surface area contributed by atoms with Gasteiger partial charge in [-0.2, -0.15) is 0 Å². The quantitative estimate of drug-likeness (QED) is 0.598. The molecule has 2 N–H and O–H groups in total. The zero-order chi connectivity index (χ0) is 20.1. The van der Waals surface area contributed by atoms with Crippen molar-refractivity contribution < 1.29 is 22.7 Å². The van der Waals surface area contributed by atoms with Crippen molar-refractivity contribution in [1.82, 2.24) is 0 Å². The molecule has 0 atom stereocenters. The number of ether oxygens (including phenoxy) is 1. The number of benzene rings is 2. The molecule has 0 unspecified atom stereocenters. The Morgan fingerprint density at radius 2 is 1.68 bits per heavy atom. The summed E-state index contributed by atoms with van der Waals surface area (Å²) in [6.07, 6.45) is 0. The lowest BCUT2D eigenvalue weighted by Gasteiger charge is -2.10. The second-order valence-electron chi connectivity index (χ2n) is 5.63. The number of thiophene rings is 1. The predicted octanol–water partition coefficient (Wildman–Crippen LogP) is 3.59. The van der Waals surface area contributed by atoms with Crippen molar-refractivity contribution in [3.63, 3.8) is 0 Å². The molecule has 1 amide bonds. The lowest BCUT2D eigenvalue weighted by molar-refractivity contribution is 0.0600. The molecule has 3 rings (SSSR count). The average Bonchev–Trinajstić information content (AvgIpc) is 3.22. The normalized spacial score (nSPS) is 10.9. The Hall–Kier alpha value is -3.17. The zero-order valence-corrected chi connectivity index (χ0v) is 16.3. The van der Waals surface area contributed by atoms with E-state index in [1.165, 1.54) is 48.8 Å². The van der Waals surface area contributed by atoms with Gasteiger partial charge < -0.3 is 10.1 Å². The van der Waals surface area contributed by atoms with Crippen LogP contribution in [0, 0.1) is 0 Å². The summed E-state index contributed by atoms with van der Waals surface area (Å²) in [5.74, 6) is -0.820. The highest BCUT2D eigenvalue weighted by Gasteiger charge is 2.16. The van der Waals surface area contributed by atoms with Crippen LogP contribution in [-0.4, -0.2) is 27.4 Å². The Morgan fingerprint density at radius 3 is 2.32 bits per heavy atom. The fourth-order valence-electron chi connectivity index (χ4n) is 2.36. The number of hydrogen-bond acceptors (Lipinski definition) is 6. The van der Waals surface area contributed by atoms with E-state index in [9.17, 15) is 18.0 Å². The SMILES string of the molecule is COC(=O)c1ccc(S(=O)(=O)Nc2cccc(NC(=O)c3cccs3)c2)cc1. The van der Waals surface area contributed by atoms with Gasteiger partial charge in [0.25, 0.3) is 15.9 Å². The Bertz CT molecular complexity index is 1090. The minimum absolute atomic E-state index is 0.00632. The molecule has 0 bridgehead atoms. The van der Waals surface area contributed by atoms with Crippen molar-refractivity contribution in [2.45, 2.75) is 4.90 Å². The Kier molecular flexibility index (Phi) is 5.76. The van der Waals surface area contributed by atoms with Crippen molar-refractivity contribution in [3.05, 3.63) is 76.5 Å². The molecule has 0 aliphatic rings. The van der Waals surface area contributed by atoms with E-state index in [0.717, 1.165) is 0 Å². The molecule has 0 spiro atoms. The molecule has 3 aromatic rings. The molecule has 0 aliphatic carbocycles. The van der Waals surface area contributed by atoms with Crippen LogP contribution in [0.25, 0.3) is 0 Å². The number of carbonyl (C=O) groups excluding carboxylic acids is 2. The highest BCUT2D eigenvalue weighted by Crippen LogP contribution is 2.21. The van der Waals surface area contributed by atoms with E-state index >= 15 is 0 Å². The summed E-state index contributed by atoms with van der Waals surface area (Å²) in [6, 6.07) is 15.2. The van der Waals surface area contributed by atoms with E-state index in [4.69, 9.17) is 0 Å². The molecule has 2 aromatic carbocycles. The number of nitrogens with one attached hydrogen (secondary N) is 2. The highest BCUT2D eigenvalue weighted by molar-refractivity contribution is 7.92. The molecule has 144 valence electrons. The summed E-state index contributed by atoms with van der Waals surface area (Å²) >= 11 is 1.31. The number of anilines is 2. The molecular weight excluding hydrogens is 400 g/mol. The van der Waals surface area contributed by atoms with E-state index in [1.807, 2.05) is 0 Å². The summed E-state index contributed by atoms with van der Waals surface area (Å²) in [5, 5.41) is 4.52. The van der Waals surface area contributed by atoms with E-state index in [1.54, 1.807) is 35.7 Å². The number of hydrogen-bond donors (Lipinski definition) is 2. The van der Waals surface area contributed by atoms with E-state index in [2.05, 4.69) is 14.8 Å². The van der Waals surface area contributed by atoms with Crippen LogP contribution >= 0.6 is 11.3 Å². The Morgan fingerprint density at radius 1 is 0.964 bits per heavy atom. The van der Waals surface area contributed by atoms with Crippen LogP contribution in [0.15, 0.2) is 70.9 Å². The summed E-state index contributed by atoms with van der Waals surface area (Å²) in [5.41, 5.74) is 1.00. The number of carbonyl (C=O) groups is 2. The molecule has 0 fully saturated rings. The first-order chi connectivity index (χ1) is 13.4. The van der Waals surface area contributed by atoms with Gasteiger partial charge in [0.05, 0.1) is 28.1 Å². The summed E-state index contributed by atoms with van der Waals surface area (Å²) in [7, 11) is -2.61. The number of rotatable bonds is 6. The monoisotopic (exact) mass is 416 g/mol. The molecular formula is C19H16N2O5S2. The number of sulfonamides is 1. The molecule has 1 heterocycles. The predicted molar refractivity (Wildman–Crippen MR) is 107 cm³/mol. The first kappa shape index (κ1) is 19.6.